The Bertz CT molecular complexity index is 829. The largest absolute Gasteiger partial charge is 0.379 e. The Kier molecular flexibility index (Phi) is 4.39. The summed E-state index contributed by atoms with van der Waals surface area (Å²) in [6.45, 7) is 6.58. The minimum absolute atomic E-state index is 0.367. The van der Waals surface area contributed by atoms with Crippen LogP contribution in [0.2, 0.25) is 0 Å². The Balaban J connectivity index is 1.48. The van der Waals surface area contributed by atoms with Gasteiger partial charge < -0.3 is 10.1 Å². The summed E-state index contributed by atoms with van der Waals surface area (Å²) in [5.74, 6) is 0. The maximum absolute atomic E-state index is 5.45. The Hall–Kier alpha value is -1.70. The second kappa shape index (κ2) is 6.66. The van der Waals surface area contributed by atoms with Crippen molar-refractivity contribution in [2.75, 3.05) is 18.5 Å². The fourth-order valence-electron chi connectivity index (χ4n) is 2.85. The molecule has 24 heavy (non-hydrogen) atoms. The fourth-order valence-corrected chi connectivity index (χ4v) is 4.60. The summed E-state index contributed by atoms with van der Waals surface area (Å²) in [6.07, 6.45) is 3.09. The van der Waals surface area contributed by atoms with Crippen molar-refractivity contribution in [1.82, 2.24) is 14.8 Å². The first-order valence-electron chi connectivity index (χ1n) is 8.09. The van der Waals surface area contributed by atoms with E-state index >= 15 is 0 Å². The van der Waals surface area contributed by atoms with E-state index in [1.165, 1.54) is 9.75 Å². The number of rotatable bonds is 5. The van der Waals surface area contributed by atoms with Gasteiger partial charge in [0.25, 0.3) is 0 Å². The second-order valence-electron chi connectivity index (χ2n) is 6.00. The predicted molar refractivity (Wildman–Crippen MR) is 98.9 cm³/mol. The van der Waals surface area contributed by atoms with E-state index in [4.69, 9.17) is 9.84 Å². The zero-order valence-corrected chi connectivity index (χ0v) is 15.4. The standard InChI is InChI=1S/C17H20N4OS2/c1-11-3-4-14(23-11)9-18-17-19-12(2)16(24-17)15-5-7-21(20-15)13-6-8-22-10-13/h3-5,7,13H,6,8-10H2,1-2H3,(H,18,19). The summed E-state index contributed by atoms with van der Waals surface area (Å²) in [5.41, 5.74) is 2.02. The minimum Gasteiger partial charge on any atom is -0.379 e. The van der Waals surface area contributed by atoms with Gasteiger partial charge in [-0.25, -0.2) is 4.98 Å². The molecule has 3 aromatic rings. The normalized spacial score (nSPS) is 17.5. The van der Waals surface area contributed by atoms with Crippen LogP contribution in [-0.4, -0.2) is 28.0 Å². The maximum Gasteiger partial charge on any atom is 0.183 e. The third kappa shape index (κ3) is 3.24. The van der Waals surface area contributed by atoms with E-state index in [9.17, 15) is 0 Å². The van der Waals surface area contributed by atoms with Crippen LogP contribution in [0.15, 0.2) is 24.4 Å². The van der Waals surface area contributed by atoms with Gasteiger partial charge in [0, 0.05) is 22.6 Å². The van der Waals surface area contributed by atoms with Gasteiger partial charge in [-0.2, -0.15) is 5.10 Å². The quantitative estimate of drug-likeness (QED) is 0.739. The first kappa shape index (κ1) is 15.8. The first-order valence-corrected chi connectivity index (χ1v) is 9.72. The summed E-state index contributed by atoms with van der Waals surface area (Å²) in [7, 11) is 0. The van der Waals surface area contributed by atoms with Crippen LogP contribution in [0.1, 0.15) is 27.9 Å². The third-order valence-corrected chi connectivity index (χ3v) is 6.27. The molecule has 7 heteroatoms. The molecule has 1 saturated heterocycles. The van der Waals surface area contributed by atoms with Crippen LogP contribution in [0.4, 0.5) is 5.13 Å². The van der Waals surface area contributed by atoms with E-state index < -0.39 is 0 Å². The van der Waals surface area contributed by atoms with Crippen LogP contribution in [0.25, 0.3) is 10.6 Å². The number of thiazole rings is 1. The Morgan fingerprint density at radius 1 is 1.29 bits per heavy atom. The van der Waals surface area contributed by atoms with E-state index in [1.54, 1.807) is 11.3 Å². The van der Waals surface area contributed by atoms with Gasteiger partial charge in [0.2, 0.25) is 0 Å². The molecule has 1 aliphatic heterocycles. The molecule has 0 aliphatic carbocycles. The van der Waals surface area contributed by atoms with Crippen molar-refractivity contribution in [3.05, 3.63) is 39.8 Å². The van der Waals surface area contributed by atoms with Gasteiger partial charge in [-0.15, -0.1) is 11.3 Å². The van der Waals surface area contributed by atoms with Crippen LogP contribution < -0.4 is 5.32 Å². The van der Waals surface area contributed by atoms with Crippen molar-refractivity contribution < 1.29 is 4.74 Å². The zero-order valence-electron chi connectivity index (χ0n) is 13.8. The number of aryl methyl sites for hydroxylation is 2. The summed E-state index contributed by atoms with van der Waals surface area (Å²) >= 11 is 3.49. The molecule has 0 radical (unpaired) electrons. The Morgan fingerprint density at radius 3 is 2.96 bits per heavy atom. The van der Waals surface area contributed by atoms with Gasteiger partial charge in [0.1, 0.15) is 5.69 Å². The van der Waals surface area contributed by atoms with Crippen molar-refractivity contribution in [2.45, 2.75) is 32.9 Å². The average molecular weight is 361 g/mol. The van der Waals surface area contributed by atoms with Gasteiger partial charge in [-0.3, -0.25) is 4.68 Å². The summed E-state index contributed by atoms with van der Waals surface area (Å²) in [4.78, 5) is 8.45. The molecule has 1 N–H and O–H groups in total. The lowest BCUT2D eigenvalue weighted by Gasteiger charge is -2.06. The highest BCUT2D eigenvalue weighted by Gasteiger charge is 2.20. The van der Waals surface area contributed by atoms with Gasteiger partial charge in [-0.1, -0.05) is 11.3 Å². The molecule has 5 nitrogen and oxygen atoms in total. The third-order valence-electron chi connectivity index (χ3n) is 4.13. The van der Waals surface area contributed by atoms with E-state index in [0.29, 0.717) is 6.04 Å². The maximum atomic E-state index is 5.45. The van der Waals surface area contributed by atoms with E-state index in [0.717, 1.165) is 47.6 Å². The summed E-state index contributed by atoms with van der Waals surface area (Å²) in [5, 5.41) is 9.12. The number of hydrogen-bond acceptors (Lipinski definition) is 6. The molecule has 1 atom stereocenters. The lowest BCUT2D eigenvalue weighted by atomic mass is 10.3. The van der Waals surface area contributed by atoms with Crippen LogP contribution in [0.3, 0.4) is 0 Å². The number of ether oxygens (including phenoxy) is 1. The number of anilines is 1. The molecule has 0 bridgehead atoms. The van der Waals surface area contributed by atoms with Crippen LogP contribution in [-0.2, 0) is 11.3 Å². The molecule has 0 amide bonds. The SMILES string of the molecule is Cc1ccc(CNc2nc(C)c(-c3ccn(C4CCOC4)n3)s2)s1. The van der Waals surface area contributed by atoms with Crippen LogP contribution >= 0.6 is 22.7 Å². The number of nitrogens with zero attached hydrogens (tertiary/aromatic N) is 3. The van der Waals surface area contributed by atoms with Crippen molar-refractivity contribution in [1.29, 1.82) is 0 Å². The summed E-state index contributed by atoms with van der Waals surface area (Å²) < 4.78 is 7.48. The number of aromatic nitrogens is 3. The molecule has 0 aromatic carbocycles. The van der Waals surface area contributed by atoms with Gasteiger partial charge in [-0.05, 0) is 38.5 Å². The molecule has 0 saturated carbocycles. The second-order valence-corrected chi connectivity index (χ2v) is 8.37. The molecule has 126 valence electrons. The smallest absolute Gasteiger partial charge is 0.183 e. The minimum atomic E-state index is 0.367. The molecule has 4 heterocycles. The molecular formula is C17H20N4OS2. The molecule has 3 aromatic heterocycles. The monoisotopic (exact) mass is 360 g/mol. The van der Waals surface area contributed by atoms with Crippen molar-refractivity contribution in [3.8, 4) is 10.6 Å². The topological polar surface area (TPSA) is 52.0 Å². The number of nitrogens with one attached hydrogen (secondary N) is 1. The molecule has 1 unspecified atom stereocenters. The zero-order chi connectivity index (χ0) is 16.5. The van der Waals surface area contributed by atoms with Crippen molar-refractivity contribution in [3.63, 3.8) is 0 Å². The molecule has 1 fully saturated rings. The van der Waals surface area contributed by atoms with Crippen molar-refractivity contribution >= 4 is 27.8 Å². The van der Waals surface area contributed by atoms with Crippen LogP contribution in [0, 0.1) is 13.8 Å². The summed E-state index contributed by atoms with van der Waals surface area (Å²) in [6, 6.07) is 6.76. The van der Waals surface area contributed by atoms with Gasteiger partial charge >= 0.3 is 0 Å². The molecule has 4 rings (SSSR count). The molecular weight excluding hydrogens is 340 g/mol. The lowest BCUT2D eigenvalue weighted by molar-refractivity contribution is 0.184. The lowest BCUT2D eigenvalue weighted by Crippen LogP contribution is -2.08. The Morgan fingerprint density at radius 2 is 2.21 bits per heavy atom. The van der Waals surface area contributed by atoms with Crippen molar-refractivity contribution in [2.24, 2.45) is 0 Å². The molecule has 1 aliphatic rings. The highest BCUT2D eigenvalue weighted by atomic mass is 32.1. The van der Waals surface area contributed by atoms with Gasteiger partial charge in [0.15, 0.2) is 5.13 Å². The van der Waals surface area contributed by atoms with E-state index in [-0.39, 0.29) is 0 Å². The predicted octanol–water partition coefficient (Wildman–Crippen LogP) is 4.26. The molecule has 0 spiro atoms. The van der Waals surface area contributed by atoms with Gasteiger partial charge in [0.05, 0.1) is 29.8 Å². The van der Waals surface area contributed by atoms with E-state index in [2.05, 4.69) is 41.6 Å². The number of hydrogen-bond donors (Lipinski definition) is 1. The first-order chi connectivity index (χ1) is 11.7. The van der Waals surface area contributed by atoms with E-state index in [1.807, 2.05) is 22.9 Å². The highest BCUT2D eigenvalue weighted by Crippen LogP contribution is 2.33. The number of thiophene rings is 1. The highest BCUT2D eigenvalue weighted by molar-refractivity contribution is 7.19. The Labute approximate surface area is 149 Å². The fraction of sp³-hybridized carbons (Fsp3) is 0.412. The van der Waals surface area contributed by atoms with Crippen LogP contribution in [0.5, 0.6) is 0 Å². The average Bonchev–Trinajstić information content (AvgIpc) is 3.32.